The van der Waals surface area contributed by atoms with Crippen molar-refractivity contribution in [2.45, 2.75) is 13.0 Å². The second kappa shape index (κ2) is 8.92. The lowest BCUT2D eigenvalue weighted by molar-refractivity contribution is -0.384. The van der Waals surface area contributed by atoms with Crippen LogP contribution < -0.4 is 5.32 Å². The SMILES string of the molecule is O=C(Nc1ccc([N+](=O)[O-])cc1)N1CCCN(Cc2ccc3ccccc3c2)CC1. The van der Waals surface area contributed by atoms with Crippen molar-refractivity contribution in [1.29, 1.82) is 0 Å². The van der Waals surface area contributed by atoms with Crippen LogP contribution in [0.3, 0.4) is 0 Å². The summed E-state index contributed by atoms with van der Waals surface area (Å²) in [6, 6.07) is 20.6. The fourth-order valence-corrected chi connectivity index (χ4v) is 3.80. The summed E-state index contributed by atoms with van der Waals surface area (Å²) in [6.45, 7) is 3.94. The van der Waals surface area contributed by atoms with Gasteiger partial charge in [0.25, 0.3) is 5.69 Å². The molecule has 4 rings (SSSR count). The van der Waals surface area contributed by atoms with Crippen molar-refractivity contribution < 1.29 is 9.72 Å². The average Bonchev–Trinajstić information content (AvgIpc) is 3.00. The predicted molar refractivity (Wildman–Crippen MR) is 118 cm³/mol. The monoisotopic (exact) mass is 404 g/mol. The molecular weight excluding hydrogens is 380 g/mol. The quantitative estimate of drug-likeness (QED) is 0.513. The molecule has 2 amide bonds. The van der Waals surface area contributed by atoms with E-state index in [2.05, 4.69) is 46.6 Å². The van der Waals surface area contributed by atoms with E-state index in [0.717, 1.165) is 26.1 Å². The molecule has 0 aliphatic carbocycles. The fraction of sp³-hybridized carbons (Fsp3) is 0.261. The van der Waals surface area contributed by atoms with Crippen molar-refractivity contribution in [3.63, 3.8) is 0 Å². The van der Waals surface area contributed by atoms with Crippen LogP contribution in [-0.2, 0) is 6.54 Å². The summed E-state index contributed by atoms with van der Waals surface area (Å²) < 4.78 is 0. The molecule has 0 bridgehead atoms. The number of non-ortho nitro benzene ring substituents is 1. The van der Waals surface area contributed by atoms with Gasteiger partial charge in [0.05, 0.1) is 4.92 Å². The van der Waals surface area contributed by atoms with Gasteiger partial charge in [0.2, 0.25) is 0 Å². The zero-order valence-corrected chi connectivity index (χ0v) is 16.7. The molecule has 0 radical (unpaired) electrons. The zero-order chi connectivity index (χ0) is 20.9. The smallest absolute Gasteiger partial charge is 0.321 e. The normalized spacial score (nSPS) is 15.0. The van der Waals surface area contributed by atoms with Gasteiger partial charge in [0.15, 0.2) is 0 Å². The lowest BCUT2D eigenvalue weighted by atomic mass is 10.1. The summed E-state index contributed by atoms with van der Waals surface area (Å²) in [6.07, 6.45) is 0.904. The molecule has 1 fully saturated rings. The number of rotatable bonds is 4. The summed E-state index contributed by atoms with van der Waals surface area (Å²) >= 11 is 0. The third-order valence-corrected chi connectivity index (χ3v) is 5.43. The molecule has 1 heterocycles. The van der Waals surface area contributed by atoms with Gasteiger partial charge < -0.3 is 10.2 Å². The minimum atomic E-state index is -0.454. The first kappa shape index (κ1) is 19.8. The van der Waals surface area contributed by atoms with Crippen LogP contribution in [0.15, 0.2) is 66.7 Å². The fourth-order valence-electron chi connectivity index (χ4n) is 3.80. The Balaban J connectivity index is 1.33. The van der Waals surface area contributed by atoms with Crippen molar-refractivity contribution in [3.8, 4) is 0 Å². The van der Waals surface area contributed by atoms with E-state index in [4.69, 9.17) is 0 Å². The number of carbonyl (C=O) groups is 1. The Labute approximate surface area is 175 Å². The molecule has 0 spiro atoms. The van der Waals surface area contributed by atoms with E-state index in [-0.39, 0.29) is 11.7 Å². The summed E-state index contributed by atoms with van der Waals surface area (Å²) in [7, 11) is 0. The molecule has 3 aromatic carbocycles. The van der Waals surface area contributed by atoms with Crippen molar-refractivity contribution >= 4 is 28.2 Å². The Morgan fingerprint density at radius 3 is 2.47 bits per heavy atom. The Morgan fingerprint density at radius 2 is 1.70 bits per heavy atom. The van der Waals surface area contributed by atoms with Crippen molar-refractivity contribution in [2.75, 3.05) is 31.5 Å². The van der Waals surface area contributed by atoms with Crippen LogP contribution in [0.1, 0.15) is 12.0 Å². The lowest BCUT2D eigenvalue weighted by Crippen LogP contribution is -2.38. The van der Waals surface area contributed by atoms with Gasteiger partial charge in [-0.3, -0.25) is 15.0 Å². The van der Waals surface area contributed by atoms with Gasteiger partial charge >= 0.3 is 6.03 Å². The molecule has 7 heteroatoms. The molecule has 1 aliphatic heterocycles. The number of nitrogens with one attached hydrogen (secondary N) is 1. The second-order valence-electron chi connectivity index (χ2n) is 7.53. The highest BCUT2D eigenvalue weighted by Crippen LogP contribution is 2.19. The zero-order valence-electron chi connectivity index (χ0n) is 16.7. The Morgan fingerprint density at radius 1 is 0.933 bits per heavy atom. The molecule has 0 unspecified atom stereocenters. The first-order chi connectivity index (χ1) is 14.6. The number of fused-ring (bicyclic) bond motifs is 1. The molecule has 30 heavy (non-hydrogen) atoms. The number of amides is 2. The van der Waals surface area contributed by atoms with Crippen LogP contribution in [0.4, 0.5) is 16.2 Å². The number of nitro benzene ring substituents is 1. The van der Waals surface area contributed by atoms with Crippen LogP contribution in [-0.4, -0.2) is 46.9 Å². The maximum absolute atomic E-state index is 12.6. The van der Waals surface area contributed by atoms with E-state index in [1.54, 1.807) is 12.1 Å². The second-order valence-corrected chi connectivity index (χ2v) is 7.53. The Bertz CT molecular complexity index is 1050. The van der Waals surface area contributed by atoms with E-state index in [9.17, 15) is 14.9 Å². The van der Waals surface area contributed by atoms with Crippen molar-refractivity contribution in [3.05, 3.63) is 82.4 Å². The standard InChI is InChI=1S/C23H24N4O3/c28-23(24-21-8-10-22(11-9-21)27(29)30)26-13-3-12-25(14-15-26)17-18-6-7-19-4-1-2-5-20(19)16-18/h1-2,4-11,16H,3,12-15,17H2,(H,24,28). The van der Waals surface area contributed by atoms with Gasteiger partial charge in [-0.1, -0.05) is 36.4 Å². The van der Waals surface area contributed by atoms with Crippen LogP contribution in [0.2, 0.25) is 0 Å². The van der Waals surface area contributed by atoms with Crippen LogP contribution in [0.5, 0.6) is 0 Å². The predicted octanol–water partition coefficient (Wildman–Crippen LogP) is 4.49. The van der Waals surface area contributed by atoms with Gasteiger partial charge in [-0.15, -0.1) is 0 Å². The number of nitro groups is 1. The largest absolute Gasteiger partial charge is 0.323 e. The number of hydrogen-bond donors (Lipinski definition) is 1. The van der Waals surface area contributed by atoms with Crippen molar-refractivity contribution in [1.82, 2.24) is 9.80 Å². The first-order valence-electron chi connectivity index (χ1n) is 10.1. The third kappa shape index (κ3) is 4.75. The Kier molecular flexibility index (Phi) is 5.90. The highest BCUT2D eigenvalue weighted by molar-refractivity contribution is 5.89. The number of carbonyl (C=O) groups excluding carboxylic acids is 1. The van der Waals surface area contributed by atoms with Gasteiger partial charge in [-0.25, -0.2) is 4.79 Å². The van der Waals surface area contributed by atoms with E-state index in [0.29, 0.717) is 18.8 Å². The molecule has 1 N–H and O–H groups in total. The van der Waals surface area contributed by atoms with Crippen LogP contribution in [0.25, 0.3) is 10.8 Å². The maximum atomic E-state index is 12.6. The molecule has 1 saturated heterocycles. The van der Waals surface area contributed by atoms with Crippen LogP contribution >= 0.6 is 0 Å². The minimum absolute atomic E-state index is 0.00658. The molecule has 1 aliphatic rings. The number of urea groups is 1. The van der Waals surface area contributed by atoms with E-state index < -0.39 is 4.92 Å². The third-order valence-electron chi connectivity index (χ3n) is 5.43. The molecule has 154 valence electrons. The van der Waals surface area contributed by atoms with Gasteiger partial charge in [0, 0.05) is 50.5 Å². The minimum Gasteiger partial charge on any atom is -0.323 e. The average molecular weight is 404 g/mol. The van der Waals surface area contributed by atoms with Gasteiger partial charge in [0.1, 0.15) is 0 Å². The van der Waals surface area contributed by atoms with E-state index >= 15 is 0 Å². The van der Waals surface area contributed by atoms with Gasteiger partial charge in [-0.2, -0.15) is 0 Å². The Hall–Kier alpha value is -3.45. The molecule has 0 saturated carbocycles. The molecule has 3 aromatic rings. The summed E-state index contributed by atoms with van der Waals surface area (Å²) in [5.74, 6) is 0. The number of anilines is 1. The summed E-state index contributed by atoms with van der Waals surface area (Å²) in [5, 5.41) is 16.1. The number of benzene rings is 3. The van der Waals surface area contributed by atoms with Crippen molar-refractivity contribution in [2.24, 2.45) is 0 Å². The van der Waals surface area contributed by atoms with Crippen LogP contribution in [0, 0.1) is 10.1 Å². The van der Waals surface area contributed by atoms with Gasteiger partial charge in [-0.05, 0) is 41.0 Å². The molecule has 0 atom stereocenters. The maximum Gasteiger partial charge on any atom is 0.321 e. The molecular formula is C23H24N4O3. The first-order valence-corrected chi connectivity index (χ1v) is 10.1. The van der Waals surface area contributed by atoms with E-state index in [1.165, 1.54) is 28.5 Å². The molecule has 0 aromatic heterocycles. The highest BCUT2D eigenvalue weighted by Gasteiger charge is 2.19. The number of hydrogen-bond acceptors (Lipinski definition) is 4. The molecule has 7 nitrogen and oxygen atoms in total. The summed E-state index contributed by atoms with van der Waals surface area (Å²) in [4.78, 5) is 27.1. The topological polar surface area (TPSA) is 78.7 Å². The number of nitrogens with zero attached hydrogens (tertiary/aromatic N) is 3. The van der Waals surface area contributed by atoms with E-state index in [1.807, 2.05) is 11.0 Å². The lowest BCUT2D eigenvalue weighted by Gasteiger charge is -2.22. The highest BCUT2D eigenvalue weighted by atomic mass is 16.6. The summed E-state index contributed by atoms with van der Waals surface area (Å²) in [5.41, 5.74) is 1.84.